The maximum Gasteiger partial charge on any atom is 0.226 e. The number of piperazine rings is 1. The number of halogens is 2. The summed E-state index contributed by atoms with van der Waals surface area (Å²) in [6.45, 7) is 2.01. The average Bonchev–Trinajstić information content (AvgIpc) is 2.63. The van der Waals surface area contributed by atoms with Crippen molar-refractivity contribution in [3.05, 3.63) is 60.2 Å². The number of ether oxygens (including phenoxy) is 1. The van der Waals surface area contributed by atoms with Gasteiger partial charge >= 0.3 is 0 Å². The Bertz CT molecular complexity index is 696. The standard InChI is InChI=1S/C19H20F2N2O2/c20-16-7-4-8-17(21)19(16)23-12-10-22(11-13-23)18(24)9-14-25-15-5-2-1-3-6-15/h1-8H,9-14H2. The van der Waals surface area contributed by atoms with Gasteiger partial charge < -0.3 is 14.5 Å². The molecule has 0 saturated carbocycles. The van der Waals surface area contributed by atoms with E-state index in [0.29, 0.717) is 32.8 Å². The fourth-order valence-electron chi connectivity index (χ4n) is 2.90. The minimum Gasteiger partial charge on any atom is -0.493 e. The largest absolute Gasteiger partial charge is 0.493 e. The lowest BCUT2D eigenvalue weighted by atomic mass is 10.2. The molecule has 0 aliphatic carbocycles. The van der Waals surface area contributed by atoms with Crippen molar-refractivity contribution < 1.29 is 18.3 Å². The molecule has 0 atom stereocenters. The van der Waals surface area contributed by atoms with E-state index in [1.807, 2.05) is 30.3 Å². The highest BCUT2D eigenvalue weighted by molar-refractivity contribution is 5.76. The molecule has 0 spiro atoms. The first-order valence-corrected chi connectivity index (χ1v) is 8.30. The fraction of sp³-hybridized carbons (Fsp3) is 0.316. The molecule has 1 aliphatic rings. The summed E-state index contributed by atoms with van der Waals surface area (Å²) in [4.78, 5) is 15.6. The maximum atomic E-state index is 13.8. The highest BCUT2D eigenvalue weighted by Gasteiger charge is 2.24. The van der Waals surface area contributed by atoms with E-state index in [-0.39, 0.29) is 18.0 Å². The number of rotatable bonds is 5. The number of nitrogens with zero attached hydrogens (tertiary/aromatic N) is 2. The number of hydrogen-bond donors (Lipinski definition) is 0. The quantitative estimate of drug-likeness (QED) is 0.834. The molecule has 2 aromatic carbocycles. The molecule has 6 heteroatoms. The monoisotopic (exact) mass is 346 g/mol. The van der Waals surface area contributed by atoms with Gasteiger partial charge in [0.1, 0.15) is 23.1 Å². The molecule has 0 bridgehead atoms. The van der Waals surface area contributed by atoms with E-state index in [2.05, 4.69) is 0 Å². The lowest BCUT2D eigenvalue weighted by Crippen LogP contribution is -2.49. The van der Waals surface area contributed by atoms with E-state index in [1.54, 1.807) is 9.80 Å². The molecule has 1 saturated heterocycles. The van der Waals surface area contributed by atoms with Crippen LogP contribution in [0.25, 0.3) is 0 Å². The van der Waals surface area contributed by atoms with Crippen molar-refractivity contribution in [2.75, 3.05) is 37.7 Å². The normalized spacial score (nSPS) is 14.5. The molecule has 0 aromatic heterocycles. The second-order valence-corrected chi connectivity index (χ2v) is 5.85. The van der Waals surface area contributed by atoms with Crippen LogP contribution in [0.1, 0.15) is 6.42 Å². The van der Waals surface area contributed by atoms with Crippen molar-refractivity contribution in [2.45, 2.75) is 6.42 Å². The zero-order valence-corrected chi connectivity index (χ0v) is 13.8. The number of anilines is 1. The molecular formula is C19H20F2N2O2. The molecule has 3 rings (SSSR count). The van der Waals surface area contributed by atoms with Gasteiger partial charge in [0.2, 0.25) is 5.91 Å². The number of hydrogen-bond acceptors (Lipinski definition) is 3. The van der Waals surface area contributed by atoms with Crippen molar-refractivity contribution in [3.8, 4) is 5.75 Å². The van der Waals surface area contributed by atoms with E-state index in [4.69, 9.17) is 4.74 Å². The van der Waals surface area contributed by atoms with Crippen LogP contribution in [0.2, 0.25) is 0 Å². The summed E-state index contributed by atoms with van der Waals surface area (Å²) in [5.74, 6) is -0.424. The molecule has 2 aromatic rings. The van der Waals surface area contributed by atoms with Crippen molar-refractivity contribution in [2.24, 2.45) is 0 Å². The molecule has 0 N–H and O–H groups in total. The van der Waals surface area contributed by atoms with Crippen LogP contribution in [-0.2, 0) is 4.79 Å². The molecule has 4 nitrogen and oxygen atoms in total. The van der Waals surface area contributed by atoms with Crippen LogP contribution < -0.4 is 9.64 Å². The van der Waals surface area contributed by atoms with Gasteiger partial charge in [-0.05, 0) is 24.3 Å². The molecule has 132 valence electrons. The predicted octanol–water partition coefficient (Wildman–Crippen LogP) is 3.08. The summed E-state index contributed by atoms with van der Waals surface area (Å²) >= 11 is 0. The molecule has 0 unspecified atom stereocenters. The third kappa shape index (κ3) is 4.26. The van der Waals surface area contributed by atoms with Crippen LogP contribution in [0.3, 0.4) is 0 Å². The topological polar surface area (TPSA) is 32.8 Å². The van der Waals surface area contributed by atoms with Crippen LogP contribution in [0.4, 0.5) is 14.5 Å². The van der Waals surface area contributed by atoms with Gasteiger partial charge in [-0.1, -0.05) is 24.3 Å². The first kappa shape index (κ1) is 17.2. The van der Waals surface area contributed by atoms with Crippen LogP contribution in [0.5, 0.6) is 5.75 Å². The molecule has 1 amide bonds. The molecule has 25 heavy (non-hydrogen) atoms. The first-order valence-electron chi connectivity index (χ1n) is 8.30. The Labute approximate surface area is 145 Å². The molecule has 0 radical (unpaired) electrons. The number of para-hydroxylation sites is 2. The number of benzene rings is 2. The van der Waals surface area contributed by atoms with Gasteiger partial charge in [0, 0.05) is 26.2 Å². The minimum absolute atomic E-state index is 0.00964. The van der Waals surface area contributed by atoms with E-state index in [0.717, 1.165) is 5.75 Å². The van der Waals surface area contributed by atoms with E-state index in [9.17, 15) is 13.6 Å². The van der Waals surface area contributed by atoms with Gasteiger partial charge in [-0.25, -0.2) is 8.78 Å². The molecule has 1 heterocycles. The number of carbonyl (C=O) groups is 1. The smallest absolute Gasteiger partial charge is 0.226 e. The van der Waals surface area contributed by atoms with Gasteiger partial charge in [-0.3, -0.25) is 4.79 Å². The lowest BCUT2D eigenvalue weighted by Gasteiger charge is -2.36. The van der Waals surface area contributed by atoms with Crippen LogP contribution in [0.15, 0.2) is 48.5 Å². The lowest BCUT2D eigenvalue weighted by molar-refractivity contribution is -0.132. The minimum atomic E-state index is -0.573. The zero-order chi connectivity index (χ0) is 17.6. The summed E-state index contributed by atoms with van der Waals surface area (Å²) in [7, 11) is 0. The molecule has 1 fully saturated rings. The van der Waals surface area contributed by atoms with Gasteiger partial charge in [0.05, 0.1) is 13.0 Å². The third-order valence-electron chi connectivity index (χ3n) is 4.21. The highest BCUT2D eigenvalue weighted by atomic mass is 19.1. The third-order valence-corrected chi connectivity index (χ3v) is 4.21. The summed E-state index contributed by atoms with van der Waals surface area (Å²) in [5.41, 5.74) is -0.0120. The SMILES string of the molecule is O=C(CCOc1ccccc1)N1CCN(c2c(F)cccc2F)CC1. The second-order valence-electron chi connectivity index (χ2n) is 5.85. The Morgan fingerprint density at radius 1 is 0.920 bits per heavy atom. The van der Waals surface area contributed by atoms with Crippen LogP contribution in [0, 0.1) is 11.6 Å². The predicted molar refractivity (Wildman–Crippen MR) is 91.7 cm³/mol. The van der Waals surface area contributed by atoms with Crippen LogP contribution in [-0.4, -0.2) is 43.6 Å². The van der Waals surface area contributed by atoms with Crippen molar-refractivity contribution in [1.82, 2.24) is 4.90 Å². The summed E-state index contributed by atoms with van der Waals surface area (Å²) in [5, 5.41) is 0. The van der Waals surface area contributed by atoms with Gasteiger partial charge in [0.25, 0.3) is 0 Å². The summed E-state index contributed by atoms with van der Waals surface area (Å²) < 4.78 is 33.2. The Kier molecular flexibility index (Phi) is 5.48. The van der Waals surface area contributed by atoms with Gasteiger partial charge in [0.15, 0.2) is 0 Å². The Morgan fingerprint density at radius 3 is 2.20 bits per heavy atom. The Hall–Kier alpha value is -2.63. The van der Waals surface area contributed by atoms with Crippen molar-refractivity contribution >= 4 is 11.6 Å². The second kappa shape index (κ2) is 7.96. The van der Waals surface area contributed by atoms with Gasteiger partial charge in [-0.15, -0.1) is 0 Å². The van der Waals surface area contributed by atoms with E-state index < -0.39 is 11.6 Å². The summed E-state index contributed by atoms with van der Waals surface area (Å²) in [6.07, 6.45) is 0.281. The summed E-state index contributed by atoms with van der Waals surface area (Å²) in [6, 6.07) is 13.2. The number of carbonyl (C=O) groups excluding carboxylic acids is 1. The average molecular weight is 346 g/mol. The van der Waals surface area contributed by atoms with E-state index in [1.165, 1.54) is 18.2 Å². The van der Waals surface area contributed by atoms with Crippen LogP contribution >= 0.6 is 0 Å². The fourth-order valence-corrected chi connectivity index (χ4v) is 2.90. The first-order chi connectivity index (χ1) is 12.1. The highest BCUT2D eigenvalue weighted by Crippen LogP contribution is 2.24. The van der Waals surface area contributed by atoms with Gasteiger partial charge in [-0.2, -0.15) is 0 Å². The Balaban J connectivity index is 1.48. The number of amides is 1. The van der Waals surface area contributed by atoms with Crippen molar-refractivity contribution in [3.63, 3.8) is 0 Å². The molecule has 1 aliphatic heterocycles. The molecular weight excluding hydrogens is 326 g/mol. The maximum absolute atomic E-state index is 13.8. The van der Waals surface area contributed by atoms with E-state index >= 15 is 0 Å². The van der Waals surface area contributed by atoms with Crippen molar-refractivity contribution in [1.29, 1.82) is 0 Å². The Morgan fingerprint density at radius 2 is 1.56 bits per heavy atom. The zero-order valence-electron chi connectivity index (χ0n) is 13.8.